The lowest BCUT2D eigenvalue weighted by molar-refractivity contribution is -0.435. The molecule has 2 N–H and O–H groups in total. The van der Waals surface area contributed by atoms with Crippen LogP contribution in [0.15, 0.2) is 217 Å². The third-order valence-corrected chi connectivity index (χ3v) is 14.8. The molecule has 0 saturated heterocycles. The molecule has 71 heavy (non-hydrogen) atoms. The molecule has 2 heterocycles. The molecule has 3 aliphatic rings. The first-order valence-electron chi connectivity index (χ1n) is 24.8. The van der Waals surface area contributed by atoms with E-state index >= 15 is 4.39 Å². The van der Waals surface area contributed by atoms with Gasteiger partial charge in [0.25, 0.3) is 0 Å². The third-order valence-electron chi connectivity index (χ3n) is 14.8. The predicted octanol–water partition coefficient (Wildman–Crippen LogP) is 14.0. The fourth-order valence-corrected chi connectivity index (χ4v) is 12.1. The number of fused-ring (bicyclic) bond motifs is 7. The minimum atomic E-state index is -0.957. The summed E-state index contributed by atoms with van der Waals surface area (Å²) in [7, 11) is 0. The minimum Gasteiger partial charge on any atom is -0.481 e. The summed E-state index contributed by atoms with van der Waals surface area (Å²) in [4.78, 5) is 26.9. The third kappa shape index (κ3) is 9.09. The number of benzene rings is 7. The van der Waals surface area contributed by atoms with E-state index in [1.54, 1.807) is 6.07 Å². The Balaban J connectivity index is 1.20. The zero-order valence-electron chi connectivity index (χ0n) is 40.1. The monoisotopic (exact) mass is 937 g/mol. The van der Waals surface area contributed by atoms with Crippen LogP contribution >= 0.6 is 0 Å². The van der Waals surface area contributed by atoms with E-state index in [4.69, 9.17) is 0 Å². The van der Waals surface area contributed by atoms with Gasteiger partial charge in [-0.1, -0.05) is 188 Å². The standard InChI is InChI=1S/C64H57FN2O4/c1-45(21-14-19-36-56-63(41-46-22-6-2-7-23-46,42-47-24-8-3-9-25-47)54-34-20-35-55(65)61(54)66(56)39-37-57(68)69)62-64(43-48-26-10-4-11-27-48,44-49-28-12-5-13-29-49)59-52-32-17-15-30-50(52)51-31-16-18-33-53(51)60(59)67(62)40-38-58(70)71/h2-12,14-28,30-36H,13,29,37-44H2,1H3,(H-,68,69,70,71)/p+1. The number of para-hydroxylation sites is 1. The Hall–Kier alpha value is -7.90. The Kier molecular flexibility index (Phi) is 13.3. The largest absolute Gasteiger partial charge is 0.481 e. The molecule has 1 atom stereocenters. The molecule has 7 heteroatoms. The van der Waals surface area contributed by atoms with Crippen LogP contribution in [0.1, 0.15) is 66.8 Å². The number of carboxylic acid groups (broad SMARTS) is 2. The number of carbonyl (C=O) groups is 2. The Morgan fingerprint density at radius 2 is 1.21 bits per heavy atom. The maximum Gasteiger partial charge on any atom is 0.309 e. The lowest BCUT2D eigenvalue weighted by Crippen LogP contribution is -2.40. The van der Waals surface area contributed by atoms with Crippen molar-refractivity contribution in [2.45, 2.75) is 69.1 Å². The second-order valence-electron chi connectivity index (χ2n) is 19.3. The number of carboxylic acids is 2. The van der Waals surface area contributed by atoms with Crippen molar-refractivity contribution in [3.8, 4) is 0 Å². The van der Waals surface area contributed by atoms with Crippen molar-refractivity contribution in [2.75, 3.05) is 18.0 Å². The van der Waals surface area contributed by atoms with Crippen molar-refractivity contribution in [3.05, 3.63) is 251 Å². The summed E-state index contributed by atoms with van der Waals surface area (Å²) in [5.41, 5.74) is 9.76. The molecule has 7 aromatic rings. The number of hydrogen-bond donors (Lipinski definition) is 2. The fourth-order valence-electron chi connectivity index (χ4n) is 12.1. The van der Waals surface area contributed by atoms with Gasteiger partial charge < -0.3 is 15.1 Å². The lowest BCUT2D eigenvalue weighted by Gasteiger charge is -2.34. The Morgan fingerprint density at radius 3 is 1.80 bits per heavy atom. The van der Waals surface area contributed by atoms with Crippen molar-refractivity contribution in [3.63, 3.8) is 0 Å². The molecule has 0 spiro atoms. The molecule has 10 rings (SSSR count). The zero-order valence-corrected chi connectivity index (χ0v) is 40.1. The second kappa shape index (κ2) is 20.2. The molecule has 1 unspecified atom stereocenters. The van der Waals surface area contributed by atoms with Crippen LogP contribution in [-0.4, -0.2) is 45.5 Å². The fraction of sp³-hybridized carbons (Fsp3) is 0.203. The average molecular weight is 938 g/mol. The van der Waals surface area contributed by atoms with Crippen LogP contribution in [-0.2, 0) is 39.7 Å². The first-order valence-corrected chi connectivity index (χ1v) is 24.8. The molecular weight excluding hydrogens is 880 g/mol. The van der Waals surface area contributed by atoms with Crippen LogP contribution in [0.2, 0.25) is 0 Å². The smallest absolute Gasteiger partial charge is 0.309 e. The van der Waals surface area contributed by atoms with Gasteiger partial charge in [0.15, 0.2) is 12.3 Å². The number of allylic oxidation sites excluding steroid dienone is 10. The van der Waals surface area contributed by atoms with E-state index in [0.29, 0.717) is 24.9 Å². The molecule has 0 radical (unpaired) electrons. The number of halogens is 1. The SMILES string of the molecule is C\C(=C/C=C/C=C1\N(CCC(=O)O)c2c(F)cccc2C1(Cc1ccccc1)Cc1ccccc1)C1=[N+](CCC(=O)O)c2c(c3ccccc3c3ccccc23)C1(CC1=CC=CCC1)Cc1ccccc1. The van der Waals surface area contributed by atoms with Crippen LogP contribution in [0.3, 0.4) is 0 Å². The molecule has 354 valence electrons. The highest BCUT2D eigenvalue weighted by Crippen LogP contribution is 2.55. The maximum atomic E-state index is 16.5. The van der Waals surface area contributed by atoms with Crippen LogP contribution in [0, 0.1) is 5.82 Å². The second-order valence-corrected chi connectivity index (χ2v) is 19.3. The van der Waals surface area contributed by atoms with Crippen molar-refractivity contribution in [1.82, 2.24) is 0 Å². The molecule has 0 bridgehead atoms. The van der Waals surface area contributed by atoms with Gasteiger partial charge in [0.05, 0.1) is 22.9 Å². The number of hydrogen-bond acceptors (Lipinski definition) is 3. The van der Waals surface area contributed by atoms with Crippen molar-refractivity contribution in [2.24, 2.45) is 0 Å². The zero-order chi connectivity index (χ0) is 49.0. The molecule has 2 aliphatic heterocycles. The van der Waals surface area contributed by atoms with E-state index < -0.39 is 28.6 Å². The van der Waals surface area contributed by atoms with Gasteiger partial charge in [0.2, 0.25) is 5.69 Å². The molecule has 0 fully saturated rings. The van der Waals surface area contributed by atoms with Crippen LogP contribution in [0.4, 0.5) is 15.8 Å². The highest BCUT2D eigenvalue weighted by Gasteiger charge is 2.55. The van der Waals surface area contributed by atoms with Gasteiger partial charge >= 0.3 is 11.9 Å². The average Bonchev–Trinajstić information content (AvgIpc) is 3.81. The summed E-state index contributed by atoms with van der Waals surface area (Å²) < 4.78 is 18.8. The van der Waals surface area contributed by atoms with Crippen molar-refractivity contribution < 1.29 is 28.8 Å². The van der Waals surface area contributed by atoms with E-state index in [9.17, 15) is 19.8 Å². The van der Waals surface area contributed by atoms with Gasteiger partial charge in [-0.2, -0.15) is 4.58 Å². The first-order chi connectivity index (χ1) is 34.7. The molecule has 7 aromatic carbocycles. The Labute approximate surface area is 415 Å². The van der Waals surface area contributed by atoms with E-state index in [0.717, 1.165) is 74.8 Å². The topological polar surface area (TPSA) is 80.9 Å². The van der Waals surface area contributed by atoms with Gasteiger partial charge in [-0.05, 0) is 102 Å². The summed E-state index contributed by atoms with van der Waals surface area (Å²) >= 11 is 0. The van der Waals surface area contributed by atoms with E-state index in [1.165, 1.54) is 28.2 Å². The van der Waals surface area contributed by atoms with Crippen LogP contribution in [0.5, 0.6) is 0 Å². The van der Waals surface area contributed by atoms with Crippen molar-refractivity contribution >= 4 is 50.6 Å². The van der Waals surface area contributed by atoms with Gasteiger partial charge in [0.1, 0.15) is 12.2 Å². The van der Waals surface area contributed by atoms with E-state index in [1.807, 2.05) is 59.5 Å². The van der Waals surface area contributed by atoms with E-state index in [2.05, 4.69) is 145 Å². The van der Waals surface area contributed by atoms with Gasteiger partial charge in [-0.25, -0.2) is 4.39 Å². The highest BCUT2D eigenvalue weighted by atomic mass is 19.1. The molecular formula is C64H58FN2O4+. The Morgan fingerprint density at radius 1 is 0.648 bits per heavy atom. The summed E-state index contributed by atoms with van der Waals surface area (Å²) in [6.07, 6.45) is 19.1. The lowest BCUT2D eigenvalue weighted by atomic mass is 9.65. The number of nitrogens with zero attached hydrogens (tertiary/aromatic N) is 2. The Bertz CT molecular complexity index is 3310. The molecule has 0 amide bonds. The molecule has 0 aromatic heterocycles. The molecule has 0 saturated carbocycles. The molecule has 6 nitrogen and oxygen atoms in total. The summed E-state index contributed by atoms with van der Waals surface area (Å²) in [5.74, 6) is -2.21. The minimum absolute atomic E-state index is 0.0552. The summed E-state index contributed by atoms with van der Waals surface area (Å²) in [5, 5.41) is 25.0. The van der Waals surface area contributed by atoms with Crippen LogP contribution < -0.4 is 4.90 Å². The van der Waals surface area contributed by atoms with Crippen LogP contribution in [0.25, 0.3) is 21.5 Å². The summed E-state index contributed by atoms with van der Waals surface area (Å²) in [6, 6.07) is 53.6. The number of anilines is 1. The van der Waals surface area contributed by atoms with Gasteiger partial charge in [-0.3, -0.25) is 9.59 Å². The quantitative estimate of drug-likeness (QED) is 0.0540. The van der Waals surface area contributed by atoms with E-state index in [-0.39, 0.29) is 25.9 Å². The summed E-state index contributed by atoms with van der Waals surface area (Å²) in [6.45, 7) is 2.52. The maximum absolute atomic E-state index is 16.5. The van der Waals surface area contributed by atoms with Gasteiger partial charge in [-0.15, -0.1) is 0 Å². The molecule has 1 aliphatic carbocycles. The van der Waals surface area contributed by atoms with Gasteiger partial charge in [0, 0.05) is 28.8 Å². The predicted molar refractivity (Wildman–Crippen MR) is 285 cm³/mol. The first kappa shape index (κ1) is 46.8. The normalized spacial score (nSPS) is 17.9. The number of rotatable bonds is 17. The van der Waals surface area contributed by atoms with Crippen molar-refractivity contribution in [1.29, 1.82) is 0 Å². The number of aliphatic carboxylic acids is 2. The highest BCUT2D eigenvalue weighted by molar-refractivity contribution is 6.20.